The lowest BCUT2D eigenvalue weighted by molar-refractivity contribution is -0.139. The lowest BCUT2D eigenvalue weighted by atomic mass is 10.1. The van der Waals surface area contributed by atoms with E-state index in [1.54, 1.807) is 49.4 Å². The van der Waals surface area contributed by atoms with Crippen LogP contribution in [0.25, 0.3) is 0 Å². The first-order chi connectivity index (χ1) is 18.4. The van der Waals surface area contributed by atoms with E-state index in [1.165, 1.54) is 35.2 Å². The van der Waals surface area contributed by atoms with Gasteiger partial charge in [0.25, 0.3) is 10.0 Å². The highest BCUT2D eigenvalue weighted by molar-refractivity contribution is 7.92. The molecule has 7 nitrogen and oxygen atoms in total. The van der Waals surface area contributed by atoms with Gasteiger partial charge in [0.05, 0.1) is 10.6 Å². The van der Waals surface area contributed by atoms with Gasteiger partial charge in [-0.1, -0.05) is 56.3 Å². The number of benzene rings is 3. The minimum atomic E-state index is -4.15. The Kier molecular flexibility index (Phi) is 9.86. The molecule has 9 heteroatoms. The van der Waals surface area contributed by atoms with Crippen molar-refractivity contribution in [2.45, 2.75) is 52.1 Å². The van der Waals surface area contributed by atoms with Crippen molar-refractivity contribution < 1.29 is 22.4 Å². The molecule has 0 bridgehead atoms. The highest BCUT2D eigenvalue weighted by Crippen LogP contribution is 2.26. The van der Waals surface area contributed by atoms with Crippen molar-refractivity contribution in [3.8, 4) is 0 Å². The quantitative estimate of drug-likeness (QED) is 0.369. The number of rotatable bonds is 11. The molecule has 1 unspecified atom stereocenters. The van der Waals surface area contributed by atoms with Gasteiger partial charge in [0.2, 0.25) is 11.8 Å². The highest BCUT2D eigenvalue weighted by atomic mass is 32.2. The number of amides is 2. The van der Waals surface area contributed by atoms with Gasteiger partial charge in [-0.2, -0.15) is 0 Å². The van der Waals surface area contributed by atoms with Crippen molar-refractivity contribution in [1.82, 2.24) is 10.2 Å². The first-order valence-electron chi connectivity index (χ1n) is 12.9. The Bertz CT molecular complexity index is 1410. The monoisotopic (exact) mass is 553 g/mol. The van der Waals surface area contributed by atoms with Gasteiger partial charge in [0.15, 0.2) is 0 Å². The van der Waals surface area contributed by atoms with Crippen molar-refractivity contribution in [2.75, 3.05) is 17.4 Å². The molecule has 1 atom stereocenters. The number of hydrogen-bond donors (Lipinski definition) is 1. The molecule has 0 aliphatic rings. The first kappa shape index (κ1) is 29.8. The van der Waals surface area contributed by atoms with E-state index in [1.807, 2.05) is 27.7 Å². The number of nitrogens with one attached hydrogen (secondary N) is 1. The smallest absolute Gasteiger partial charge is 0.264 e. The molecule has 0 aliphatic heterocycles. The minimum Gasteiger partial charge on any atom is -0.354 e. The lowest BCUT2D eigenvalue weighted by Gasteiger charge is -2.32. The summed E-state index contributed by atoms with van der Waals surface area (Å²) in [6.07, 6.45) is 0. The molecule has 0 saturated heterocycles. The SMILES string of the molecule is Cc1ccc(N(CC(=O)N(Cc2ccccc2F)C(C)C(=O)NCC(C)C)S(=O)(=O)c2ccccc2)cc1C. The number of halogens is 1. The maximum absolute atomic E-state index is 14.6. The van der Waals surface area contributed by atoms with E-state index in [0.717, 1.165) is 15.4 Å². The second-order valence-corrected chi connectivity index (χ2v) is 11.9. The Morgan fingerprint density at radius 1 is 0.897 bits per heavy atom. The molecule has 0 spiro atoms. The van der Waals surface area contributed by atoms with Gasteiger partial charge in [0, 0.05) is 18.7 Å². The number of hydrogen-bond acceptors (Lipinski definition) is 4. The number of carbonyl (C=O) groups is 2. The van der Waals surface area contributed by atoms with Crippen molar-refractivity contribution in [3.05, 3.63) is 95.3 Å². The van der Waals surface area contributed by atoms with Crippen molar-refractivity contribution in [3.63, 3.8) is 0 Å². The van der Waals surface area contributed by atoms with Crippen LogP contribution in [0.3, 0.4) is 0 Å². The molecular formula is C30H36FN3O4S. The Balaban J connectivity index is 2.03. The highest BCUT2D eigenvalue weighted by Gasteiger charge is 2.33. The van der Waals surface area contributed by atoms with Crippen LogP contribution in [0, 0.1) is 25.6 Å². The molecule has 1 N–H and O–H groups in total. The van der Waals surface area contributed by atoms with Gasteiger partial charge in [-0.15, -0.1) is 0 Å². The molecular weight excluding hydrogens is 517 g/mol. The molecule has 0 saturated carbocycles. The van der Waals surface area contributed by atoms with Gasteiger partial charge in [-0.05, 0) is 68.1 Å². The summed E-state index contributed by atoms with van der Waals surface area (Å²) in [6.45, 7) is 8.85. The van der Waals surface area contributed by atoms with Crippen LogP contribution >= 0.6 is 0 Å². The fourth-order valence-electron chi connectivity index (χ4n) is 3.97. The summed E-state index contributed by atoms with van der Waals surface area (Å²) in [5.41, 5.74) is 2.37. The maximum Gasteiger partial charge on any atom is 0.264 e. The molecule has 0 heterocycles. The third-order valence-electron chi connectivity index (χ3n) is 6.54. The number of carbonyl (C=O) groups excluding carboxylic acids is 2. The summed E-state index contributed by atoms with van der Waals surface area (Å²) in [5.74, 6) is -1.37. The summed E-state index contributed by atoms with van der Waals surface area (Å²) < 4.78 is 43.2. The van der Waals surface area contributed by atoms with Gasteiger partial charge < -0.3 is 10.2 Å². The number of nitrogens with zero attached hydrogens (tertiary/aromatic N) is 2. The van der Waals surface area contributed by atoms with Crippen molar-refractivity contribution >= 4 is 27.5 Å². The van der Waals surface area contributed by atoms with Gasteiger partial charge >= 0.3 is 0 Å². The fraction of sp³-hybridized carbons (Fsp3) is 0.333. The first-order valence-corrected chi connectivity index (χ1v) is 14.3. The zero-order chi connectivity index (χ0) is 28.7. The molecule has 39 heavy (non-hydrogen) atoms. The Labute approximate surface area is 230 Å². The summed E-state index contributed by atoms with van der Waals surface area (Å²) in [7, 11) is -4.15. The van der Waals surface area contributed by atoms with E-state index in [-0.39, 0.29) is 22.9 Å². The molecule has 3 aromatic carbocycles. The van der Waals surface area contributed by atoms with Crippen LogP contribution in [-0.4, -0.2) is 44.3 Å². The third kappa shape index (κ3) is 7.44. The summed E-state index contributed by atoms with van der Waals surface area (Å²) >= 11 is 0. The molecule has 208 valence electrons. The van der Waals surface area contributed by atoms with E-state index in [2.05, 4.69) is 5.32 Å². The van der Waals surface area contributed by atoms with Crippen LogP contribution in [0.1, 0.15) is 37.5 Å². The van der Waals surface area contributed by atoms with Crippen LogP contribution in [0.5, 0.6) is 0 Å². The van der Waals surface area contributed by atoms with Gasteiger partial charge in [-0.25, -0.2) is 12.8 Å². The Hall–Kier alpha value is -3.72. The second-order valence-electron chi connectivity index (χ2n) is 10.0. The van der Waals surface area contributed by atoms with Crippen LogP contribution < -0.4 is 9.62 Å². The molecule has 0 fully saturated rings. The molecule has 0 aliphatic carbocycles. The van der Waals surface area contributed by atoms with E-state index >= 15 is 0 Å². The number of anilines is 1. The topological polar surface area (TPSA) is 86.8 Å². The van der Waals surface area contributed by atoms with Gasteiger partial charge in [-0.3, -0.25) is 13.9 Å². The van der Waals surface area contributed by atoms with Crippen LogP contribution in [0.4, 0.5) is 10.1 Å². The summed E-state index contributed by atoms with van der Waals surface area (Å²) in [4.78, 5) is 28.1. The van der Waals surface area contributed by atoms with Crippen LogP contribution in [-0.2, 0) is 26.2 Å². The molecule has 0 radical (unpaired) electrons. The Morgan fingerprint density at radius 2 is 1.54 bits per heavy atom. The fourth-order valence-corrected chi connectivity index (χ4v) is 5.40. The summed E-state index contributed by atoms with van der Waals surface area (Å²) in [6, 6.07) is 18.0. The van der Waals surface area contributed by atoms with E-state index in [0.29, 0.717) is 12.2 Å². The largest absolute Gasteiger partial charge is 0.354 e. The van der Waals surface area contributed by atoms with Gasteiger partial charge in [0.1, 0.15) is 18.4 Å². The average Bonchev–Trinajstić information content (AvgIpc) is 2.91. The number of aryl methyl sites for hydroxylation is 2. The zero-order valence-electron chi connectivity index (χ0n) is 23.0. The lowest BCUT2D eigenvalue weighted by Crippen LogP contribution is -2.51. The van der Waals surface area contributed by atoms with Crippen molar-refractivity contribution in [1.29, 1.82) is 0 Å². The second kappa shape index (κ2) is 12.9. The standard InChI is InChI=1S/C30H36FN3O4S/c1-21(2)18-32-30(36)24(5)33(19-25-11-9-10-14-28(25)31)29(35)20-34(26-16-15-22(3)23(4)17-26)39(37,38)27-12-7-6-8-13-27/h6-17,21,24H,18-20H2,1-5H3,(H,32,36). The van der Waals surface area contributed by atoms with Crippen molar-refractivity contribution in [2.24, 2.45) is 5.92 Å². The third-order valence-corrected chi connectivity index (χ3v) is 8.33. The summed E-state index contributed by atoms with van der Waals surface area (Å²) in [5, 5.41) is 2.81. The maximum atomic E-state index is 14.6. The molecule has 3 rings (SSSR count). The van der Waals surface area contributed by atoms with E-state index < -0.39 is 40.2 Å². The predicted molar refractivity (Wildman–Crippen MR) is 151 cm³/mol. The van der Waals surface area contributed by atoms with E-state index in [9.17, 15) is 22.4 Å². The van der Waals surface area contributed by atoms with Crippen LogP contribution in [0.2, 0.25) is 0 Å². The average molecular weight is 554 g/mol. The zero-order valence-corrected chi connectivity index (χ0v) is 23.8. The minimum absolute atomic E-state index is 0.0272. The molecule has 0 aromatic heterocycles. The Morgan fingerprint density at radius 3 is 2.15 bits per heavy atom. The van der Waals surface area contributed by atoms with Crippen LogP contribution in [0.15, 0.2) is 77.7 Å². The van der Waals surface area contributed by atoms with E-state index in [4.69, 9.17) is 0 Å². The molecule has 3 aromatic rings. The normalized spacial score (nSPS) is 12.2. The predicted octanol–water partition coefficient (Wildman–Crippen LogP) is 4.83. The number of sulfonamides is 1. The molecule has 2 amide bonds.